The fourth-order valence-corrected chi connectivity index (χ4v) is 0.0430. The van der Waals surface area contributed by atoms with E-state index in [0.717, 1.165) is 6.92 Å². The number of carbonyl (C=O) groups is 1. The summed E-state index contributed by atoms with van der Waals surface area (Å²) in [6.45, 7) is 1.08. The molecular weight excluding hydrogens is 124 g/mol. The van der Waals surface area contributed by atoms with Gasteiger partial charge in [-0.2, -0.15) is 5.10 Å². The van der Waals surface area contributed by atoms with Gasteiger partial charge in [0.05, 0.1) is 0 Å². The van der Waals surface area contributed by atoms with Crippen LogP contribution in [0.4, 0.5) is 0 Å². The van der Waals surface area contributed by atoms with Gasteiger partial charge in [-0.1, -0.05) is 0 Å². The van der Waals surface area contributed by atoms with E-state index in [9.17, 15) is 0 Å². The summed E-state index contributed by atoms with van der Waals surface area (Å²) in [6, 6.07) is 0. The van der Waals surface area contributed by atoms with Crippen LogP contribution in [0.1, 0.15) is 6.92 Å². The first-order chi connectivity index (χ1) is 4.15. The number of carboxylic acid groups (broad SMARTS) is 1. The van der Waals surface area contributed by atoms with Gasteiger partial charge in [0.25, 0.3) is 5.97 Å². The number of hydrazine groups is 1. The lowest BCUT2D eigenvalue weighted by Gasteiger charge is -1.75. The maximum absolute atomic E-state index is 9.00. The number of rotatable bonds is 1. The molecule has 0 fully saturated rings. The third kappa shape index (κ3) is 302. The molecule has 0 amide bonds. The zero-order valence-electron chi connectivity index (χ0n) is 5.03. The summed E-state index contributed by atoms with van der Waals surface area (Å²) in [5.74, 6) is 8.39. The quantitative estimate of drug-likeness (QED) is 0.150. The fourth-order valence-electron chi connectivity index (χ4n) is 0.0430. The SMILES string of the molecule is CC(=O)O.NN=CNN. The average molecular weight is 134 g/mol. The Morgan fingerprint density at radius 1 is 1.89 bits per heavy atom. The van der Waals surface area contributed by atoms with E-state index in [1.807, 2.05) is 0 Å². The summed E-state index contributed by atoms with van der Waals surface area (Å²) >= 11 is 0. The molecule has 54 valence electrons. The molecule has 0 saturated carbocycles. The summed E-state index contributed by atoms with van der Waals surface area (Å²) in [7, 11) is 0. The van der Waals surface area contributed by atoms with Gasteiger partial charge in [-0.05, 0) is 0 Å². The number of aliphatic carboxylic acids is 1. The van der Waals surface area contributed by atoms with Crippen LogP contribution in [0.2, 0.25) is 0 Å². The molecule has 0 spiro atoms. The van der Waals surface area contributed by atoms with Crippen molar-refractivity contribution < 1.29 is 9.90 Å². The van der Waals surface area contributed by atoms with Gasteiger partial charge in [-0.15, -0.1) is 0 Å². The lowest BCUT2D eigenvalue weighted by Crippen LogP contribution is -2.19. The van der Waals surface area contributed by atoms with Crippen LogP contribution in [-0.2, 0) is 4.79 Å². The summed E-state index contributed by atoms with van der Waals surface area (Å²) in [4.78, 5) is 9.00. The molecule has 6 nitrogen and oxygen atoms in total. The van der Waals surface area contributed by atoms with Crippen LogP contribution in [0, 0.1) is 0 Å². The van der Waals surface area contributed by atoms with Crippen molar-refractivity contribution in [2.45, 2.75) is 6.92 Å². The number of carboxylic acids is 1. The van der Waals surface area contributed by atoms with Gasteiger partial charge < -0.3 is 16.4 Å². The number of hydrazone groups is 1. The van der Waals surface area contributed by atoms with E-state index in [1.54, 1.807) is 0 Å². The number of hydrogen-bond donors (Lipinski definition) is 4. The van der Waals surface area contributed by atoms with E-state index >= 15 is 0 Å². The fraction of sp³-hybridized carbons (Fsp3) is 0.333. The van der Waals surface area contributed by atoms with Crippen molar-refractivity contribution in [3.63, 3.8) is 0 Å². The maximum Gasteiger partial charge on any atom is 0.300 e. The first kappa shape index (κ1) is 10.6. The van der Waals surface area contributed by atoms with Crippen molar-refractivity contribution >= 4 is 12.3 Å². The van der Waals surface area contributed by atoms with Gasteiger partial charge in [0.15, 0.2) is 0 Å². The highest BCUT2D eigenvalue weighted by molar-refractivity contribution is 5.62. The Balaban J connectivity index is 0. The van der Waals surface area contributed by atoms with Crippen LogP contribution >= 0.6 is 0 Å². The average Bonchev–Trinajstić information content (AvgIpc) is 1.66. The minimum Gasteiger partial charge on any atom is -0.481 e. The Kier molecular flexibility index (Phi) is 11.6. The van der Waals surface area contributed by atoms with Crippen LogP contribution in [0.15, 0.2) is 5.10 Å². The normalized spacial score (nSPS) is 7.78. The molecular formula is C3H10N4O2. The van der Waals surface area contributed by atoms with Crippen molar-refractivity contribution in [2.24, 2.45) is 16.8 Å². The summed E-state index contributed by atoms with van der Waals surface area (Å²) < 4.78 is 0. The lowest BCUT2D eigenvalue weighted by molar-refractivity contribution is -0.134. The Hall–Kier alpha value is -1.30. The predicted octanol–water partition coefficient (Wildman–Crippen LogP) is -1.56. The second-order valence-corrected chi connectivity index (χ2v) is 0.964. The molecule has 0 aromatic carbocycles. The van der Waals surface area contributed by atoms with Gasteiger partial charge in [-0.3, -0.25) is 4.79 Å². The predicted molar refractivity (Wildman–Crippen MR) is 33.3 cm³/mol. The van der Waals surface area contributed by atoms with Gasteiger partial charge >= 0.3 is 0 Å². The van der Waals surface area contributed by atoms with Gasteiger partial charge in [-0.25, -0.2) is 5.84 Å². The molecule has 0 bridgehead atoms. The highest BCUT2D eigenvalue weighted by atomic mass is 16.4. The van der Waals surface area contributed by atoms with E-state index in [4.69, 9.17) is 9.90 Å². The first-order valence-electron chi connectivity index (χ1n) is 2.02. The Bertz CT molecular complexity index is 87.8. The van der Waals surface area contributed by atoms with E-state index < -0.39 is 5.97 Å². The maximum atomic E-state index is 9.00. The summed E-state index contributed by atoms with van der Waals surface area (Å²) in [6.07, 6.45) is 1.18. The number of hydrogen-bond acceptors (Lipinski definition) is 4. The van der Waals surface area contributed by atoms with Crippen LogP contribution in [0.3, 0.4) is 0 Å². The Morgan fingerprint density at radius 3 is 2.22 bits per heavy atom. The van der Waals surface area contributed by atoms with Crippen LogP contribution < -0.4 is 17.1 Å². The van der Waals surface area contributed by atoms with E-state index in [0.29, 0.717) is 0 Å². The number of nitrogens with two attached hydrogens (primary N) is 2. The van der Waals surface area contributed by atoms with Crippen molar-refractivity contribution in [1.82, 2.24) is 5.43 Å². The molecule has 6 heteroatoms. The van der Waals surface area contributed by atoms with Crippen LogP contribution in [0.5, 0.6) is 0 Å². The van der Waals surface area contributed by atoms with Crippen molar-refractivity contribution in [3.05, 3.63) is 0 Å². The molecule has 9 heavy (non-hydrogen) atoms. The number of nitrogens with zero attached hydrogens (tertiary/aromatic N) is 1. The Morgan fingerprint density at radius 2 is 2.22 bits per heavy atom. The first-order valence-corrected chi connectivity index (χ1v) is 2.02. The third-order valence-corrected chi connectivity index (χ3v) is 0.149. The lowest BCUT2D eigenvalue weighted by atomic mass is 10.9. The second kappa shape index (κ2) is 9.85. The van der Waals surface area contributed by atoms with Crippen molar-refractivity contribution in [3.8, 4) is 0 Å². The summed E-state index contributed by atoms with van der Waals surface area (Å²) in [5.41, 5.74) is 2.10. The zero-order chi connectivity index (χ0) is 7.70. The van der Waals surface area contributed by atoms with E-state index in [1.165, 1.54) is 6.34 Å². The second-order valence-electron chi connectivity index (χ2n) is 0.964. The van der Waals surface area contributed by atoms with Gasteiger partial charge in [0.1, 0.15) is 6.34 Å². The molecule has 0 unspecified atom stereocenters. The molecule has 6 N–H and O–H groups in total. The summed E-state index contributed by atoms with van der Waals surface area (Å²) in [5, 5.41) is 10.4. The molecule has 0 atom stereocenters. The smallest absolute Gasteiger partial charge is 0.300 e. The Labute approximate surface area is 52.5 Å². The van der Waals surface area contributed by atoms with Gasteiger partial charge in [0, 0.05) is 6.92 Å². The van der Waals surface area contributed by atoms with Crippen molar-refractivity contribution in [2.75, 3.05) is 0 Å². The molecule has 0 aliphatic heterocycles. The monoisotopic (exact) mass is 134 g/mol. The number of nitrogens with one attached hydrogen (secondary N) is 1. The molecule has 0 aromatic rings. The molecule has 0 radical (unpaired) electrons. The largest absolute Gasteiger partial charge is 0.481 e. The molecule has 0 aliphatic rings. The molecule has 0 saturated heterocycles. The molecule has 0 rings (SSSR count). The van der Waals surface area contributed by atoms with Crippen molar-refractivity contribution in [1.29, 1.82) is 0 Å². The minimum atomic E-state index is -0.833. The molecule has 0 aromatic heterocycles. The molecule has 0 aliphatic carbocycles. The highest BCUT2D eigenvalue weighted by Crippen LogP contribution is 1.42. The van der Waals surface area contributed by atoms with E-state index in [-0.39, 0.29) is 0 Å². The standard InChI is InChI=1S/C2H4O2.CH6N4/c1-2(3)4;2-4-1-5-3/h1H3,(H,3,4);1H,2-3H2,(H,4,5). The zero-order valence-corrected chi connectivity index (χ0v) is 5.03. The highest BCUT2D eigenvalue weighted by Gasteiger charge is 1.65. The van der Waals surface area contributed by atoms with Gasteiger partial charge in [0.2, 0.25) is 0 Å². The minimum absolute atomic E-state index is 0.833. The van der Waals surface area contributed by atoms with Crippen LogP contribution in [-0.4, -0.2) is 17.4 Å². The van der Waals surface area contributed by atoms with Crippen LogP contribution in [0.25, 0.3) is 0 Å². The third-order valence-electron chi connectivity index (χ3n) is 0.149. The van der Waals surface area contributed by atoms with E-state index in [2.05, 4.69) is 22.2 Å². The topological polar surface area (TPSA) is 114 Å². The molecule has 0 heterocycles.